The molecule has 0 radical (unpaired) electrons. The molecule has 0 atom stereocenters. The maximum absolute atomic E-state index is 5.90. The fraction of sp³-hybridized carbons (Fsp3) is 0.250. The van der Waals surface area contributed by atoms with Crippen molar-refractivity contribution in [3.05, 3.63) is 59.1 Å². The third-order valence-electron chi connectivity index (χ3n) is 2.71. The summed E-state index contributed by atoms with van der Waals surface area (Å²) in [5.74, 6) is 1.67. The normalized spacial score (nSPS) is 10.7. The second-order valence-corrected chi connectivity index (χ2v) is 5.14. The Morgan fingerprint density at radius 3 is 2.42 bits per heavy atom. The van der Waals surface area contributed by atoms with Crippen molar-refractivity contribution in [2.75, 3.05) is 0 Å². The lowest BCUT2D eigenvalue weighted by molar-refractivity contribution is 0.469. The van der Waals surface area contributed by atoms with E-state index in [1.165, 1.54) is 0 Å². The molecule has 3 heteroatoms. The van der Waals surface area contributed by atoms with E-state index in [0.717, 1.165) is 23.6 Å². The molecule has 100 valence electrons. The zero-order valence-corrected chi connectivity index (χ0v) is 11.9. The summed E-state index contributed by atoms with van der Waals surface area (Å²) in [5.41, 5.74) is 1.14. The summed E-state index contributed by atoms with van der Waals surface area (Å²) in [5, 5.41) is 4.11. The molecule has 0 heterocycles. The summed E-state index contributed by atoms with van der Waals surface area (Å²) in [7, 11) is 0. The van der Waals surface area contributed by atoms with Crippen LogP contribution in [0, 0.1) is 0 Å². The van der Waals surface area contributed by atoms with Crippen LogP contribution in [0.25, 0.3) is 0 Å². The molecule has 2 rings (SSSR count). The molecule has 0 aliphatic rings. The van der Waals surface area contributed by atoms with Gasteiger partial charge in [0.2, 0.25) is 0 Å². The number of benzene rings is 2. The molecular formula is C16H18ClNO. The number of nitrogens with one attached hydrogen (secondary N) is 1. The molecule has 0 bridgehead atoms. The smallest absolute Gasteiger partial charge is 0.131 e. The zero-order chi connectivity index (χ0) is 13.7. The Bertz CT molecular complexity index is 523. The van der Waals surface area contributed by atoms with Gasteiger partial charge in [-0.1, -0.05) is 43.6 Å². The van der Waals surface area contributed by atoms with Gasteiger partial charge in [0.05, 0.1) is 0 Å². The van der Waals surface area contributed by atoms with E-state index in [4.69, 9.17) is 16.3 Å². The van der Waals surface area contributed by atoms with E-state index in [2.05, 4.69) is 25.2 Å². The summed E-state index contributed by atoms with van der Waals surface area (Å²) >= 11 is 5.86. The predicted octanol–water partition coefficient (Wildman–Crippen LogP) is 4.63. The number of halogens is 1. The summed E-state index contributed by atoms with van der Waals surface area (Å²) in [6.45, 7) is 5.05. The number of hydrogen-bond acceptors (Lipinski definition) is 2. The van der Waals surface area contributed by atoms with Crippen LogP contribution in [0.15, 0.2) is 48.5 Å². The maximum atomic E-state index is 5.90. The molecule has 0 fully saturated rings. The molecule has 0 unspecified atom stereocenters. The van der Waals surface area contributed by atoms with Gasteiger partial charge in [-0.2, -0.15) is 0 Å². The minimum Gasteiger partial charge on any atom is -0.457 e. The van der Waals surface area contributed by atoms with E-state index in [0.29, 0.717) is 11.1 Å². The van der Waals surface area contributed by atoms with E-state index in [1.54, 1.807) is 0 Å². The summed E-state index contributed by atoms with van der Waals surface area (Å²) in [4.78, 5) is 0. The average Bonchev–Trinajstić information content (AvgIpc) is 2.40. The Labute approximate surface area is 119 Å². The highest BCUT2D eigenvalue weighted by Gasteiger charge is 2.05. The molecule has 0 saturated heterocycles. The Kier molecular flexibility index (Phi) is 4.83. The topological polar surface area (TPSA) is 21.3 Å². The fourth-order valence-corrected chi connectivity index (χ4v) is 1.82. The molecule has 0 aromatic heterocycles. The number of rotatable bonds is 5. The fourth-order valence-electron chi connectivity index (χ4n) is 1.69. The molecule has 0 aliphatic heterocycles. The van der Waals surface area contributed by atoms with Crippen molar-refractivity contribution in [1.82, 2.24) is 5.32 Å². The molecule has 0 aliphatic carbocycles. The number of para-hydroxylation sites is 1. The molecule has 1 N–H and O–H groups in total. The number of hydrogen-bond donors (Lipinski definition) is 1. The van der Waals surface area contributed by atoms with Crippen LogP contribution in [-0.4, -0.2) is 6.04 Å². The standard InChI is InChI=1S/C16H18ClNO/c1-12(2)18-11-13-5-3-4-6-16(13)19-15-9-7-14(17)8-10-15/h3-10,12,18H,11H2,1-2H3. The van der Waals surface area contributed by atoms with Crippen molar-refractivity contribution >= 4 is 11.6 Å². The van der Waals surface area contributed by atoms with E-state index in [-0.39, 0.29) is 0 Å². The second kappa shape index (κ2) is 6.60. The van der Waals surface area contributed by atoms with Crippen LogP contribution in [0.1, 0.15) is 19.4 Å². The third-order valence-corrected chi connectivity index (χ3v) is 2.97. The number of ether oxygens (including phenoxy) is 1. The molecule has 0 saturated carbocycles. The van der Waals surface area contributed by atoms with Crippen LogP contribution >= 0.6 is 11.6 Å². The van der Waals surface area contributed by atoms with Gasteiger partial charge in [-0.05, 0) is 30.3 Å². The highest BCUT2D eigenvalue weighted by Crippen LogP contribution is 2.26. The lowest BCUT2D eigenvalue weighted by atomic mass is 10.2. The largest absolute Gasteiger partial charge is 0.457 e. The van der Waals surface area contributed by atoms with Gasteiger partial charge in [-0.3, -0.25) is 0 Å². The SMILES string of the molecule is CC(C)NCc1ccccc1Oc1ccc(Cl)cc1. The van der Waals surface area contributed by atoms with E-state index in [1.807, 2.05) is 42.5 Å². The Balaban J connectivity index is 2.13. The third kappa shape index (κ3) is 4.27. The van der Waals surface area contributed by atoms with Gasteiger partial charge in [0.15, 0.2) is 0 Å². The first-order valence-electron chi connectivity index (χ1n) is 6.40. The summed E-state index contributed by atoms with van der Waals surface area (Å²) in [6.07, 6.45) is 0. The van der Waals surface area contributed by atoms with Crippen molar-refractivity contribution in [3.8, 4) is 11.5 Å². The molecule has 0 amide bonds. The van der Waals surface area contributed by atoms with Crippen LogP contribution in [0.3, 0.4) is 0 Å². The molecule has 2 nitrogen and oxygen atoms in total. The van der Waals surface area contributed by atoms with Crippen LogP contribution < -0.4 is 10.1 Å². The van der Waals surface area contributed by atoms with Crippen LogP contribution in [0.2, 0.25) is 5.02 Å². The van der Waals surface area contributed by atoms with Crippen LogP contribution in [0.5, 0.6) is 11.5 Å². The predicted molar refractivity (Wildman–Crippen MR) is 79.9 cm³/mol. The van der Waals surface area contributed by atoms with E-state index < -0.39 is 0 Å². The monoisotopic (exact) mass is 275 g/mol. The highest BCUT2D eigenvalue weighted by molar-refractivity contribution is 6.30. The van der Waals surface area contributed by atoms with Gasteiger partial charge < -0.3 is 10.1 Å². The molecule has 19 heavy (non-hydrogen) atoms. The summed E-state index contributed by atoms with van der Waals surface area (Å²) < 4.78 is 5.90. The van der Waals surface area contributed by atoms with E-state index in [9.17, 15) is 0 Å². The van der Waals surface area contributed by atoms with Crippen molar-refractivity contribution in [3.63, 3.8) is 0 Å². The van der Waals surface area contributed by atoms with Crippen molar-refractivity contribution in [1.29, 1.82) is 0 Å². The quantitative estimate of drug-likeness (QED) is 0.859. The molecular weight excluding hydrogens is 258 g/mol. The van der Waals surface area contributed by atoms with Gasteiger partial charge in [-0.25, -0.2) is 0 Å². The van der Waals surface area contributed by atoms with Crippen molar-refractivity contribution < 1.29 is 4.74 Å². The Morgan fingerprint density at radius 2 is 1.74 bits per heavy atom. The minimum atomic E-state index is 0.448. The first-order valence-corrected chi connectivity index (χ1v) is 6.77. The van der Waals surface area contributed by atoms with Crippen molar-refractivity contribution in [2.24, 2.45) is 0 Å². The van der Waals surface area contributed by atoms with Gasteiger partial charge in [0.1, 0.15) is 11.5 Å². The zero-order valence-electron chi connectivity index (χ0n) is 11.2. The molecule has 2 aromatic carbocycles. The van der Waals surface area contributed by atoms with Crippen LogP contribution in [0.4, 0.5) is 0 Å². The lowest BCUT2D eigenvalue weighted by Crippen LogP contribution is -2.22. The van der Waals surface area contributed by atoms with E-state index >= 15 is 0 Å². The van der Waals surface area contributed by atoms with Crippen molar-refractivity contribution in [2.45, 2.75) is 26.4 Å². The Hall–Kier alpha value is -1.51. The minimum absolute atomic E-state index is 0.448. The summed E-state index contributed by atoms with van der Waals surface area (Å²) in [6, 6.07) is 15.9. The molecule has 0 spiro atoms. The van der Waals surface area contributed by atoms with Gasteiger partial charge in [0.25, 0.3) is 0 Å². The average molecular weight is 276 g/mol. The van der Waals surface area contributed by atoms with Crippen LogP contribution in [-0.2, 0) is 6.54 Å². The van der Waals surface area contributed by atoms with Gasteiger partial charge >= 0.3 is 0 Å². The highest BCUT2D eigenvalue weighted by atomic mass is 35.5. The first-order chi connectivity index (χ1) is 9.15. The lowest BCUT2D eigenvalue weighted by Gasteiger charge is -2.13. The first kappa shape index (κ1) is 13.9. The molecule has 2 aromatic rings. The second-order valence-electron chi connectivity index (χ2n) is 4.70. The maximum Gasteiger partial charge on any atom is 0.131 e. The Morgan fingerprint density at radius 1 is 1.05 bits per heavy atom. The van der Waals surface area contributed by atoms with Gasteiger partial charge in [-0.15, -0.1) is 0 Å². The van der Waals surface area contributed by atoms with Gasteiger partial charge in [0, 0.05) is 23.2 Å².